The van der Waals surface area contributed by atoms with Crippen LogP contribution in [0.25, 0.3) is 5.69 Å². The number of hydrogen-bond donors (Lipinski definition) is 0. The highest BCUT2D eigenvalue weighted by Gasteiger charge is 1.98. The number of aryl methyl sites for hydroxylation is 1. The van der Waals surface area contributed by atoms with Gasteiger partial charge in [-0.05, 0) is 30.6 Å². The minimum Gasteiger partial charge on any atom is -0.321 e. The monoisotopic (exact) mass is 221 g/mol. The molecule has 2 rings (SSSR count). The van der Waals surface area contributed by atoms with Gasteiger partial charge in [-0.2, -0.15) is 16.9 Å². The van der Waals surface area contributed by atoms with Crippen LogP contribution >= 0.6 is 11.8 Å². The maximum atomic E-state index is 4.33. The normalized spacial score (nSPS) is 10.7. The van der Waals surface area contributed by atoms with Crippen LogP contribution in [0.1, 0.15) is 6.42 Å². The first-order chi connectivity index (χ1) is 7.40. The Morgan fingerprint density at radius 1 is 1.33 bits per heavy atom. The van der Waals surface area contributed by atoms with Gasteiger partial charge in [0.05, 0.1) is 11.9 Å². The molecule has 3 nitrogen and oxygen atoms in total. The summed E-state index contributed by atoms with van der Waals surface area (Å²) in [6.07, 6.45) is 11.4. The van der Waals surface area contributed by atoms with E-state index in [2.05, 4.69) is 22.1 Å². The Hall–Kier alpha value is -1.16. The molecule has 80 valence electrons. The van der Waals surface area contributed by atoms with E-state index < -0.39 is 0 Å². The lowest BCUT2D eigenvalue weighted by molar-refractivity contribution is 0.606. The van der Waals surface area contributed by atoms with Gasteiger partial charge in [-0.1, -0.05) is 0 Å². The molecule has 0 saturated heterocycles. The zero-order valence-electron chi connectivity index (χ0n) is 8.84. The van der Waals surface area contributed by atoms with E-state index in [4.69, 9.17) is 0 Å². The van der Waals surface area contributed by atoms with E-state index >= 15 is 0 Å². The molecule has 0 spiro atoms. The average molecular weight is 221 g/mol. The van der Waals surface area contributed by atoms with Crippen LogP contribution in [0, 0.1) is 0 Å². The third-order valence-electron chi connectivity index (χ3n) is 2.26. The molecule has 0 radical (unpaired) electrons. The van der Waals surface area contributed by atoms with Crippen LogP contribution in [0.4, 0.5) is 0 Å². The molecule has 0 aromatic carbocycles. The molecular weight excluding hydrogens is 206 g/mol. The summed E-state index contributed by atoms with van der Waals surface area (Å²) < 4.78 is 4.07. The molecule has 15 heavy (non-hydrogen) atoms. The average Bonchev–Trinajstić information content (AvgIpc) is 2.87. The molecule has 0 fully saturated rings. The third kappa shape index (κ3) is 2.65. The highest BCUT2D eigenvalue weighted by Crippen LogP contribution is 2.07. The zero-order chi connectivity index (χ0) is 10.5. The van der Waals surface area contributed by atoms with Crippen molar-refractivity contribution in [1.29, 1.82) is 0 Å². The predicted molar refractivity (Wildman–Crippen MR) is 64.6 cm³/mol. The first-order valence-electron chi connectivity index (χ1n) is 5.05. The second-order valence-corrected chi connectivity index (χ2v) is 4.38. The van der Waals surface area contributed by atoms with Gasteiger partial charge in [-0.3, -0.25) is 4.68 Å². The highest BCUT2D eigenvalue weighted by atomic mass is 32.2. The number of hydrogen-bond acceptors (Lipinski definition) is 2. The van der Waals surface area contributed by atoms with E-state index in [0.717, 1.165) is 12.2 Å². The van der Waals surface area contributed by atoms with Crippen molar-refractivity contribution in [2.45, 2.75) is 13.0 Å². The Kier molecular flexibility index (Phi) is 3.50. The van der Waals surface area contributed by atoms with Gasteiger partial charge in [0.1, 0.15) is 0 Å². The smallest absolute Gasteiger partial charge is 0.0833 e. The Morgan fingerprint density at radius 3 is 2.87 bits per heavy atom. The molecule has 0 N–H and O–H groups in total. The number of thioether (sulfide) groups is 1. The fourth-order valence-electron chi connectivity index (χ4n) is 1.49. The van der Waals surface area contributed by atoms with Gasteiger partial charge >= 0.3 is 0 Å². The molecule has 0 aliphatic rings. The molecule has 0 saturated carbocycles. The fourth-order valence-corrected chi connectivity index (χ4v) is 1.90. The largest absolute Gasteiger partial charge is 0.321 e. The standard InChI is InChI=1S/C11H15N3S/c1-15-8-4-7-14-10-11(9-12-14)13-5-2-3-6-13/h2-3,5-6,9-10H,4,7-8H2,1H3. The highest BCUT2D eigenvalue weighted by molar-refractivity contribution is 7.98. The van der Waals surface area contributed by atoms with E-state index in [1.807, 2.05) is 47.2 Å². The number of nitrogens with zero attached hydrogens (tertiary/aromatic N) is 3. The Bertz CT molecular complexity index is 392. The predicted octanol–water partition coefficient (Wildman–Crippen LogP) is 2.43. The van der Waals surface area contributed by atoms with Gasteiger partial charge in [0.15, 0.2) is 0 Å². The first kappa shape index (κ1) is 10.4. The van der Waals surface area contributed by atoms with Crippen molar-refractivity contribution in [3.05, 3.63) is 36.9 Å². The van der Waals surface area contributed by atoms with Crippen molar-refractivity contribution in [2.24, 2.45) is 0 Å². The summed E-state index contributed by atoms with van der Waals surface area (Å²) in [7, 11) is 0. The van der Waals surface area contributed by atoms with Gasteiger partial charge in [-0.25, -0.2) is 0 Å². The van der Waals surface area contributed by atoms with Crippen LogP contribution in [-0.2, 0) is 6.54 Å². The second-order valence-electron chi connectivity index (χ2n) is 3.40. The SMILES string of the molecule is CSCCCn1cc(-n2cccc2)cn1. The topological polar surface area (TPSA) is 22.8 Å². The molecule has 0 amide bonds. The van der Waals surface area contributed by atoms with E-state index in [1.165, 1.54) is 12.2 Å². The summed E-state index contributed by atoms with van der Waals surface area (Å²) in [5, 5.41) is 4.33. The van der Waals surface area contributed by atoms with E-state index in [0.29, 0.717) is 0 Å². The van der Waals surface area contributed by atoms with Crippen molar-refractivity contribution >= 4 is 11.8 Å². The van der Waals surface area contributed by atoms with Crippen LogP contribution < -0.4 is 0 Å². The van der Waals surface area contributed by atoms with Crippen LogP contribution in [0.2, 0.25) is 0 Å². The molecule has 0 atom stereocenters. The molecular formula is C11H15N3S. The summed E-state index contributed by atoms with van der Waals surface area (Å²) in [6, 6.07) is 4.04. The van der Waals surface area contributed by atoms with Gasteiger partial charge < -0.3 is 4.57 Å². The summed E-state index contributed by atoms with van der Waals surface area (Å²) >= 11 is 1.88. The second kappa shape index (κ2) is 5.07. The summed E-state index contributed by atoms with van der Waals surface area (Å²) in [6.45, 7) is 1.00. The minimum absolute atomic E-state index is 1.00. The van der Waals surface area contributed by atoms with Crippen LogP contribution in [0.5, 0.6) is 0 Å². The third-order valence-corrected chi connectivity index (χ3v) is 2.95. The molecule has 2 aromatic heterocycles. The number of rotatable bonds is 5. The van der Waals surface area contributed by atoms with E-state index in [9.17, 15) is 0 Å². The quantitative estimate of drug-likeness (QED) is 0.724. The van der Waals surface area contributed by atoms with Gasteiger partial charge in [0.2, 0.25) is 0 Å². The lowest BCUT2D eigenvalue weighted by Gasteiger charge is -1.99. The van der Waals surface area contributed by atoms with Gasteiger partial charge in [0.25, 0.3) is 0 Å². The van der Waals surface area contributed by atoms with Crippen molar-refractivity contribution in [2.75, 3.05) is 12.0 Å². The maximum absolute atomic E-state index is 4.33. The first-order valence-corrected chi connectivity index (χ1v) is 6.44. The molecule has 2 heterocycles. The molecule has 0 bridgehead atoms. The van der Waals surface area contributed by atoms with Crippen molar-refractivity contribution in [3.63, 3.8) is 0 Å². The molecule has 0 unspecified atom stereocenters. The van der Waals surface area contributed by atoms with Crippen molar-refractivity contribution in [1.82, 2.24) is 14.3 Å². The Balaban J connectivity index is 1.98. The summed E-state index contributed by atoms with van der Waals surface area (Å²) in [4.78, 5) is 0. The fraction of sp³-hybridized carbons (Fsp3) is 0.364. The van der Waals surface area contributed by atoms with E-state index in [-0.39, 0.29) is 0 Å². The van der Waals surface area contributed by atoms with Crippen LogP contribution in [0.3, 0.4) is 0 Å². The minimum atomic E-state index is 1.00. The maximum Gasteiger partial charge on any atom is 0.0833 e. The summed E-state index contributed by atoms with van der Waals surface area (Å²) in [5.41, 5.74) is 1.13. The molecule has 2 aromatic rings. The Morgan fingerprint density at radius 2 is 2.13 bits per heavy atom. The van der Waals surface area contributed by atoms with E-state index in [1.54, 1.807) is 0 Å². The number of aromatic nitrogens is 3. The Labute approximate surface area is 94.1 Å². The van der Waals surface area contributed by atoms with Gasteiger partial charge in [-0.15, -0.1) is 0 Å². The van der Waals surface area contributed by atoms with Crippen LogP contribution in [0.15, 0.2) is 36.9 Å². The van der Waals surface area contributed by atoms with Crippen LogP contribution in [-0.4, -0.2) is 26.4 Å². The van der Waals surface area contributed by atoms with Crippen molar-refractivity contribution in [3.8, 4) is 5.69 Å². The lowest BCUT2D eigenvalue weighted by Crippen LogP contribution is -1.99. The molecule has 0 aliphatic carbocycles. The molecule has 0 aliphatic heterocycles. The lowest BCUT2D eigenvalue weighted by atomic mass is 10.5. The van der Waals surface area contributed by atoms with Gasteiger partial charge in [0, 0.05) is 25.1 Å². The van der Waals surface area contributed by atoms with Crippen molar-refractivity contribution < 1.29 is 0 Å². The summed E-state index contributed by atoms with van der Waals surface area (Å²) in [5.74, 6) is 1.19. The zero-order valence-corrected chi connectivity index (χ0v) is 9.65. The molecule has 4 heteroatoms.